The summed E-state index contributed by atoms with van der Waals surface area (Å²) in [6, 6.07) is 11.1. The minimum absolute atomic E-state index is 0.131. The van der Waals surface area contributed by atoms with Crippen LogP contribution in [-0.2, 0) is 9.31 Å². The molecular formula is C22H23BN2O4. The standard InChI is InChI=1S/C22H23BN2O4/c1-14(26)18-13-25(20-17(19(18)27)10-7-11-24-20)16-9-6-8-15(12-16)23-28-21(2,3)22(4,5)29-23/h6-13H,1-5H3. The van der Waals surface area contributed by atoms with Crippen molar-refractivity contribution in [3.05, 3.63) is 64.6 Å². The highest BCUT2D eigenvalue weighted by atomic mass is 16.7. The number of ketones is 1. The molecule has 148 valence electrons. The van der Waals surface area contributed by atoms with Crippen molar-refractivity contribution in [3.63, 3.8) is 0 Å². The number of fused-ring (bicyclic) bond motifs is 1. The van der Waals surface area contributed by atoms with Gasteiger partial charge in [0, 0.05) is 18.1 Å². The molecule has 29 heavy (non-hydrogen) atoms. The Balaban J connectivity index is 1.86. The van der Waals surface area contributed by atoms with Crippen molar-refractivity contribution in [2.24, 2.45) is 0 Å². The number of pyridine rings is 2. The largest absolute Gasteiger partial charge is 0.494 e. The Morgan fingerprint density at radius 3 is 2.41 bits per heavy atom. The van der Waals surface area contributed by atoms with Gasteiger partial charge in [0.25, 0.3) is 0 Å². The van der Waals surface area contributed by atoms with Gasteiger partial charge in [0.05, 0.1) is 22.2 Å². The van der Waals surface area contributed by atoms with Crippen LogP contribution in [0.15, 0.2) is 53.6 Å². The zero-order chi connectivity index (χ0) is 21.0. The summed E-state index contributed by atoms with van der Waals surface area (Å²) in [4.78, 5) is 29.1. The molecule has 0 amide bonds. The molecule has 0 aliphatic carbocycles. The molecule has 0 saturated carbocycles. The van der Waals surface area contributed by atoms with Crippen LogP contribution < -0.4 is 10.9 Å². The summed E-state index contributed by atoms with van der Waals surface area (Å²) in [6.45, 7) is 9.43. The molecule has 7 heteroatoms. The van der Waals surface area contributed by atoms with Gasteiger partial charge in [-0.2, -0.15) is 0 Å². The van der Waals surface area contributed by atoms with Crippen molar-refractivity contribution in [3.8, 4) is 5.69 Å². The quantitative estimate of drug-likeness (QED) is 0.508. The Morgan fingerprint density at radius 1 is 1.07 bits per heavy atom. The molecule has 4 rings (SSSR count). The van der Waals surface area contributed by atoms with E-state index >= 15 is 0 Å². The predicted octanol–water partition coefficient (Wildman–Crippen LogP) is 2.89. The third kappa shape index (κ3) is 3.20. The van der Waals surface area contributed by atoms with Crippen LogP contribution in [0, 0.1) is 0 Å². The molecule has 3 aromatic rings. The van der Waals surface area contributed by atoms with Gasteiger partial charge in [0.15, 0.2) is 5.78 Å². The highest BCUT2D eigenvalue weighted by molar-refractivity contribution is 6.62. The maximum absolute atomic E-state index is 12.7. The molecular weight excluding hydrogens is 367 g/mol. The fraction of sp³-hybridized carbons (Fsp3) is 0.318. The van der Waals surface area contributed by atoms with Crippen LogP contribution in [0.2, 0.25) is 0 Å². The van der Waals surface area contributed by atoms with E-state index in [2.05, 4.69) is 4.98 Å². The third-order valence-corrected chi connectivity index (χ3v) is 5.82. The van der Waals surface area contributed by atoms with Crippen LogP contribution in [0.5, 0.6) is 0 Å². The summed E-state index contributed by atoms with van der Waals surface area (Å²) < 4.78 is 14.1. The number of hydrogen-bond acceptors (Lipinski definition) is 5. The summed E-state index contributed by atoms with van der Waals surface area (Å²) >= 11 is 0. The van der Waals surface area contributed by atoms with Gasteiger partial charge < -0.3 is 13.9 Å². The van der Waals surface area contributed by atoms with E-state index in [0.717, 1.165) is 11.2 Å². The topological polar surface area (TPSA) is 70.4 Å². The molecule has 0 atom stereocenters. The average molecular weight is 390 g/mol. The first-order valence-electron chi connectivity index (χ1n) is 9.58. The lowest BCUT2D eigenvalue weighted by Gasteiger charge is -2.32. The van der Waals surface area contributed by atoms with E-state index in [1.807, 2.05) is 52.0 Å². The van der Waals surface area contributed by atoms with Crippen LogP contribution in [0.25, 0.3) is 16.7 Å². The van der Waals surface area contributed by atoms with E-state index in [1.165, 1.54) is 6.92 Å². The highest BCUT2D eigenvalue weighted by Crippen LogP contribution is 2.36. The van der Waals surface area contributed by atoms with Crippen molar-refractivity contribution in [2.75, 3.05) is 0 Å². The van der Waals surface area contributed by atoms with Gasteiger partial charge in [0.1, 0.15) is 5.65 Å². The van der Waals surface area contributed by atoms with Crippen LogP contribution >= 0.6 is 0 Å². The first-order valence-corrected chi connectivity index (χ1v) is 9.58. The van der Waals surface area contributed by atoms with E-state index < -0.39 is 18.3 Å². The lowest BCUT2D eigenvalue weighted by Crippen LogP contribution is -2.41. The fourth-order valence-electron chi connectivity index (χ4n) is 3.41. The first kappa shape index (κ1) is 19.5. The van der Waals surface area contributed by atoms with Gasteiger partial charge in [-0.1, -0.05) is 12.1 Å². The molecule has 0 radical (unpaired) electrons. The lowest BCUT2D eigenvalue weighted by molar-refractivity contribution is 0.00578. The van der Waals surface area contributed by atoms with Gasteiger partial charge in [0.2, 0.25) is 5.43 Å². The van der Waals surface area contributed by atoms with Gasteiger partial charge >= 0.3 is 7.12 Å². The first-order chi connectivity index (χ1) is 13.6. The van der Waals surface area contributed by atoms with Crippen molar-refractivity contribution in [1.82, 2.24) is 9.55 Å². The molecule has 1 aliphatic rings. The zero-order valence-corrected chi connectivity index (χ0v) is 17.2. The van der Waals surface area contributed by atoms with Crippen molar-refractivity contribution >= 4 is 29.4 Å². The Hall–Kier alpha value is -2.77. The van der Waals surface area contributed by atoms with Crippen LogP contribution in [-0.4, -0.2) is 33.7 Å². The maximum atomic E-state index is 12.7. The SMILES string of the molecule is CC(=O)c1cn(-c2cccc(B3OC(C)(C)C(C)(C)O3)c2)c2ncccc2c1=O. The molecule has 0 N–H and O–H groups in total. The molecule has 3 heterocycles. The number of Topliss-reactive ketones (excluding diaryl/α,β-unsaturated/α-hetero) is 1. The summed E-state index contributed by atoms with van der Waals surface area (Å²) in [5.41, 5.74) is 1.05. The third-order valence-electron chi connectivity index (χ3n) is 5.82. The molecule has 1 saturated heterocycles. The number of carbonyl (C=O) groups is 1. The van der Waals surface area contributed by atoms with Crippen LogP contribution in [0.4, 0.5) is 0 Å². The zero-order valence-electron chi connectivity index (χ0n) is 17.2. The van der Waals surface area contributed by atoms with Gasteiger partial charge in [-0.25, -0.2) is 4.98 Å². The number of benzene rings is 1. The molecule has 0 spiro atoms. The number of aromatic nitrogens is 2. The lowest BCUT2D eigenvalue weighted by atomic mass is 9.79. The Kier molecular flexibility index (Phi) is 4.48. The summed E-state index contributed by atoms with van der Waals surface area (Å²) in [7, 11) is -0.508. The van der Waals surface area contributed by atoms with Crippen molar-refractivity contribution < 1.29 is 14.1 Å². The molecule has 1 aromatic carbocycles. The second-order valence-electron chi connectivity index (χ2n) is 8.36. The molecule has 2 aromatic heterocycles. The van der Waals surface area contributed by atoms with Gasteiger partial charge in [-0.15, -0.1) is 0 Å². The molecule has 6 nitrogen and oxygen atoms in total. The average Bonchev–Trinajstić information content (AvgIpc) is 2.89. The van der Waals surface area contributed by atoms with E-state index in [4.69, 9.17) is 9.31 Å². The summed E-state index contributed by atoms with van der Waals surface area (Å²) in [5.74, 6) is -0.281. The minimum Gasteiger partial charge on any atom is -0.399 e. The molecule has 0 unspecified atom stereocenters. The second kappa shape index (κ2) is 6.64. The van der Waals surface area contributed by atoms with Crippen molar-refractivity contribution in [1.29, 1.82) is 0 Å². The molecule has 1 aliphatic heterocycles. The number of nitrogens with zero attached hydrogens (tertiary/aromatic N) is 2. The highest BCUT2D eigenvalue weighted by Gasteiger charge is 2.51. The van der Waals surface area contributed by atoms with Gasteiger partial charge in [-0.3, -0.25) is 9.59 Å². The second-order valence-corrected chi connectivity index (χ2v) is 8.36. The Bertz CT molecular complexity index is 1170. The van der Waals surface area contributed by atoms with Gasteiger partial charge in [-0.05, 0) is 64.3 Å². The van der Waals surface area contributed by atoms with E-state index in [1.54, 1.807) is 29.1 Å². The monoisotopic (exact) mass is 390 g/mol. The number of hydrogen-bond donors (Lipinski definition) is 0. The van der Waals surface area contributed by atoms with Crippen molar-refractivity contribution in [2.45, 2.75) is 45.8 Å². The van der Waals surface area contributed by atoms with E-state index in [9.17, 15) is 9.59 Å². The smallest absolute Gasteiger partial charge is 0.399 e. The predicted molar refractivity (Wildman–Crippen MR) is 113 cm³/mol. The Labute approximate surface area is 169 Å². The fourth-order valence-corrected chi connectivity index (χ4v) is 3.41. The minimum atomic E-state index is -0.508. The molecule has 1 fully saturated rings. The Morgan fingerprint density at radius 2 is 1.76 bits per heavy atom. The summed E-state index contributed by atoms with van der Waals surface area (Å²) in [6.07, 6.45) is 3.19. The summed E-state index contributed by atoms with van der Waals surface area (Å²) in [5, 5.41) is 0.404. The van der Waals surface area contributed by atoms with E-state index in [-0.39, 0.29) is 16.8 Å². The number of rotatable bonds is 3. The molecule has 0 bridgehead atoms. The van der Waals surface area contributed by atoms with Crippen LogP contribution in [0.3, 0.4) is 0 Å². The normalized spacial score (nSPS) is 17.6. The van der Waals surface area contributed by atoms with Crippen LogP contribution in [0.1, 0.15) is 45.0 Å². The maximum Gasteiger partial charge on any atom is 0.494 e. The number of carbonyl (C=O) groups excluding carboxylic acids is 1. The van der Waals surface area contributed by atoms with E-state index in [0.29, 0.717) is 11.0 Å².